The smallest absolute Gasteiger partial charge is 0.256 e. The maximum Gasteiger partial charge on any atom is 0.256 e. The Morgan fingerprint density at radius 3 is 2.56 bits per heavy atom. The van der Waals surface area contributed by atoms with Gasteiger partial charge in [-0.1, -0.05) is 60.5 Å². The Morgan fingerprint density at radius 1 is 1.24 bits per heavy atom. The minimum atomic E-state index is -1.54. The number of fused-ring (bicyclic) bond motifs is 1. The van der Waals surface area contributed by atoms with Gasteiger partial charge in [0.25, 0.3) is 5.91 Å². The van der Waals surface area contributed by atoms with Crippen LogP contribution in [0.15, 0.2) is 55.1 Å². The minimum absolute atomic E-state index is 0.214. The molecule has 130 valence electrons. The average Bonchev–Trinajstić information content (AvgIpc) is 2.80. The standard InChI is InChI=1S/C20H19Cl2NO2/c1-4-11-19(2,13-9-10-16(21)17(22)12-13)20(25)15-8-6-5-7-14(15)18(24)23(20)3/h4-10,12,25H,1,11H2,2-3H3. The molecule has 1 aliphatic rings. The van der Waals surface area contributed by atoms with Gasteiger partial charge >= 0.3 is 0 Å². The Kier molecular flexibility index (Phi) is 4.44. The number of rotatable bonds is 4. The number of carbonyl (C=O) groups excluding carboxylic acids is 1. The molecule has 0 radical (unpaired) electrons. The Morgan fingerprint density at radius 2 is 1.92 bits per heavy atom. The topological polar surface area (TPSA) is 40.5 Å². The van der Waals surface area contributed by atoms with E-state index in [9.17, 15) is 9.90 Å². The normalized spacial score (nSPS) is 21.8. The minimum Gasteiger partial charge on any atom is -0.366 e. The van der Waals surface area contributed by atoms with Crippen molar-refractivity contribution in [3.63, 3.8) is 0 Å². The molecule has 2 aromatic rings. The first-order chi connectivity index (χ1) is 11.8. The number of benzene rings is 2. The summed E-state index contributed by atoms with van der Waals surface area (Å²) in [6.07, 6.45) is 2.17. The molecule has 3 nitrogen and oxygen atoms in total. The fraction of sp³-hybridized carbons (Fsp3) is 0.250. The zero-order valence-electron chi connectivity index (χ0n) is 14.1. The molecule has 0 bridgehead atoms. The fourth-order valence-corrected chi connectivity index (χ4v) is 4.04. The van der Waals surface area contributed by atoms with E-state index in [4.69, 9.17) is 23.2 Å². The van der Waals surface area contributed by atoms with E-state index in [1.165, 1.54) is 4.90 Å². The van der Waals surface area contributed by atoms with E-state index >= 15 is 0 Å². The van der Waals surface area contributed by atoms with E-state index in [0.717, 1.165) is 5.56 Å². The molecule has 2 aromatic carbocycles. The molecule has 5 heteroatoms. The summed E-state index contributed by atoms with van der Waals surface area (Å²) in [5.41, 5.74) is -0.534. The Hall–Kier alpha value is -1.81. The van der Waals surface area contributed by atoms with E-state index in [-0.39, 0.29) is 5.91 Å². The van der Waals surface area contributed by atoms with Crippen LogP contribution < -0.4 is 0 Å². The van der Waals surface area contributed by atoms with Gasteiger partial charge in [-0.05, 0) is 30.2 Å². The van der Waals surface area contributed by atoms with Gasteiger partial charge in [-0.25, -0.2) is 0 Å². The van der Waals surface area contributed by atoms with Crippen molar-refractivity contribution in [3.8, 4) is 0 Å². The summed E-state index contributed by atoms with van der Waals surface area (Å²) in [6, 6.07) is 12.4. The molecule has 2 atom stereocenters. The van der Waals surface area contributed by atoms with E-state index in [0.29, 0.717) is 27.6 Å². The summed E-state index contributed by atoms with van der Waals surface area (Å²) < 4.78 is 0. The van der Waals surface area contributed by atoms with Crippen molar-refractivity contribution in [2.24, 2.45) is 0 Å². The molecule has 1 amide bonds. The largest absolute Gasteiger partial charge is 0.366 e. The molecule has 0 spiro atoms. The van der Waals surface area contributed by atoms with E-state index in [1.54, 1.807) is 43.5 Å². The second kappa shape index (κ2) is 6.17. The Bertz CT molecular complexity index is 867. The summed E-state index contributed by atoms with van der Waals surface area (Å²) in [5.74, 6) is -0.214. The molecule has 1 aliphatic heterocycles. The fourth-order valence-electron chi connectivity index (χ4n) is 3.74. The van der Waals surface area contributed by atoms with Crippen molar-refractivity contribution in [2.75, 3.05) is 7.05 Å². The lowest BCUT2D eigenvalue weighted by molar-refractivity contribution is -0.129. The van der Waals surface area contributed by atoms with Crippen LogP contribution in [0.2, 0.25) is 10.0 Å². The van der Waals surface area contributed by atoms with Crippen molar-refractivity contribution >= 4 is 29.1 Å². The first-order valence-corrected chi connectivity index (χ1v) is 8.69. The monoisotopic (exact) mass is 375 g/mol. The van der Waals surface area contributed by atoms with Gasteiger partial charge in [0.2, 0.25) is 0 Å². The van der Waals surface area contributed by atoms with Crippen LogP contribution in [-0.2, 0) is 11.1 Å². The molecular weight excluding hydrogens is 357 g/mol. The highest BCUT2D eigenvalue weighted by atomic mass is 35.5. The molecule has 1 N–H and O–H groups in total. The van der Waals surface area contributed by atoms with Crippen LogP contribution in [0.5, 0.6) is 0 Å². The van der Waals surface area contributed by atoms with Crippen LogP contribution in [-0.4, -0.2) is 23.0 Å². The summed E-state index contributed by atoms with van der Waals surface area (Å²) >= 11 is 12.3. The van der Waals surface area contributed by atoms with Gasteiger partial charge in [-0.15, -0.1) is 6.58 Å². The number of hydrogen-bond acceptors (Lipinski definition) is 2. The highest BCUT2D eigenvalue weighted by Crippen LogP contribution is 2.52. The molecule has 3 rings (SSSR count). The van der Waals surface area contributed by atoms with Crippen LogP contribution in [0.4, 0.5) is 0 Å². The van der Waals surface area contributed by atoms with E-state index in [1.807, 2.05) is 19.1 Å². The second-order valence-electron chi connectivity index (χ2n) is 6.54. The first-order valence-electron chi connectivity index (χ1n) is 7.94. The Balaban J connectivity index is 2.29. The number of likely N-dealkylation sites (N-methyl/N-ethyl adjacent to an activating group) is 1. The lowest BCUT2D eigenvalue weighted by atomic mass is 9.68. The number of allylic oxidation sites excluding steroid dienone is 1. The van der Waals surface area contributed by atoms with Crippen molar-refractivity contribution in [2.45, 2.75) is 24.5 Å². The van der Waals surface area contributed by atoms with Crippen LogP contribution >= 0.6 is 23.2 Å². The first kappa shape index (κ1) is 18.0. The number of hydrogen-bond donors (Lipinski definition) is 1. The maximum atomic E-state index is 12.7. The van der Waals surface area contributed by atoms with E-state index in [2.05, 4.69) is 6.58 Å². The third-order valence-electron chi connectivity index (χ3n) is 5.20. The summed E-state index contributed by atoms with van der Waals surface area (Å²) in [5, 5.41) is 12.7. The van der Waals surface area contributed by atoms with Gasteiger partial charge in [0, 0.05) is 23.6 Å². The molecule has 0 aromatic heterocycles. The van der Waals surface area contributed by atoms with Gasteiger partial charge in [-0.3, -0.25) is 4.79 Å². The van der Waals surface area contributed by atoms with Crippen LogP contribution in [0.1, 0.15) is 34.8 Å². The molecule has 2 unspecified atom stereocenters. The van der Waals surface area contributed by atoms with Crippen LogP contribution in [0.3, 0.4) is 0 Å². The third kappa shape index (κ3) is 2.42. The van der Waals surface area contributed by atoms with Crippen LogP contribution in [0.25, 0.3) is 0 Å². The number of halogens is 2. The highest BCUT2D eigenvalue weighted by molar-refractivity contribution is 6.42. The Labute approximate surface area is 157 Å². The predicted molar refractivity (Wildman–Crippen MR) is 101 cm³/mol. The van der Waals surface area contributed by atoms with Crippen molar-refractivity contribution < 1.29 is 9.90 Å². The average molecular weight is 376 g/mol. The van der Waals surface area contributed by atoms with Crippen molar-refractivity contribution in [3.05, 3.63) is 81.9 Å². The van der Waals surface area contributed by atoms with E-state index < -0.39 is 11.1 Å². The number of aliphatic hydroxyl groups is 1. The van der Waals surface area contributed by atoms with Gasteiger partial charge in [0.05, 0.1) is 10.0 Å². The highest BCUT2D eigenvalue weighted by Gasteiger charge is 2.58. The van der Waals surface area contributed by atoms with Crippen molar-refractivity contribution in [1.82, 2.24) is 4.90 Å². The molecule has 0 fully saturated rings. The zero-order valence-corrected chi connectivity index (χ0v) is 15.6. The molecule has 25 heavy (non-hydrogen) atoms. The van der Waals surface area contributed by atoms with Crippen LogP contribution in [0, 0.1) is 0 Å². The van der Waals surface area contributed by atoms with Crippen molar-refractivity contribution in [1.29, 1.82) is 0 Å². The second-order valence-corrected chi connectivity index (χ2v) is 7.35. The summed E-state index contributed by atoms with van der Waals surface area (Å²) in [4.78, 5) is 14.1. The molecule has 0 saturated carbocycles. The molecule has 0 saturated heterocycles. The molecular formula is C20H19Cl2NO2. The van der Waals surface area contributed by atoms with Gasteiger partial charge in [0.1, 0.15) is 0 Å². The summed E-state index contributed by atoms with van der Waals surface area (Å²) in [6.45, 7) is 5.74. The van der Waals surface area contributed by atoms with Gasteiger partial charge < -0.3 is 10.0 Å². The van der Waals surface area contributed by atoms with Gasteiger partial charge in [-0.2, -0.15) is 0 Å². The lowest BCUT2D eigenvalue weighted by Crippen LogP contribution is -2.55. The molecule has 1 heterocycles. The summed E-state index contributed by atoms with van der Waals surface area (Å²) in [7, 11) is 1.61. The number of amides is 1. The SMILES string of the molecule is C=CCC(C)(c1ccc(Cl)c(Cl)c1)C1(O)c2ccccc2C(=O)N1C. The molecule has 0 aliphatic carbocycles. The number of nitrogens with zero attached hydrogens (tertiary/aromatic N) is 1. The number of carbonyl (C=O) groups is 1. The predicted octanol–water partition coefficient (Wildman–Crippen LogP) is 4.76. The third-order valence-corrected chi connectivity index (χ3v) is 5.94. The maximum absolute atomic E-state index is 12.7. The quantitative estimate of drug-likeness (QED) is 0.782. The lowest BCUT2D eigenvalue weighted by Gasteiger charge is -2.47. The van der Waals surface area contributed by atoms with Gasteiger partial charge in [0.15, 0.2) is 5.72 Å². The zero-order chi connectivity index (χ0) is 18.4.